The molecule has 0 N–H and O–H groups in total. The Morgan fingerprint density at radius 1 is 1.10 bits per heavy atom. The predicted molar refractivity (Wildman–Crippen MR) is 78.4 cm³/mol. The molecule has 0 aromatic carbocycles. The Bertz CT molecular complexity index is 541. The van der Waals surface area contributed by atoms with Crippen LogP contribution in [0, 0.1) is 5.92 Å². The Hall–Kier alpha value is 0.293. The smallest absolute Gasteiger partial charge is 1.00 e. The van der Waals surface area contributed by atoms with Gasteiger partial charge in [0.2, 0.25) is 0 Å². The summed E-state index contributed by atoms with van der Waals surface area (Å²) < 4.78 is 5.32. The monoisotopic (exact) mass is 388 g/mol. The summed E-state index contributed by atoms with van der Waals surface area (Å²) in [6.07, 6.45) is 8.47. The van der Waals surface area contributed by atoms with Crippen LogP contribution in [0.1, 0.15) is 48.0 Å². The van der Waals surface area contributed by atoms with E-state index in [1.165, 1.54) is 12.0 Å². The van der Waals surface area contributed by atoms with Crippen molar-refractivity contribution in [3.8, 4) is 0 Å². The molecule has 0 radical (unpaired) electrons. The minimum atomic E-state index is -1.72. The van der Waals surface area contributed by atoms with Crippen LogP contribution in [0.15, 0.2) is 41.5 Å². The van der Waals surface area contributed by atoms with Crippen molar-refractivity contribution >= 4 is 3.21 Å². The van der Waals surface area contributed by atoms with Crippen LogP contribution in [-0.4, -0.2) is 3.21 Å². The first kappa shape index (κ1) is 20.3. The van der Waals surface area contributed by atoms with Gasteiger partial charge < -0.3 is 24.8 Å². The van der Waals surface area contributed by atoms with Crippen molar-refractivity contribution < 1.29 is 46.1 Å². The summed E-state index contributed by atoms with van der Waals surface area (Å²) in [5.74, 6) is 0.677. The van der Waals surface area contributed by atoms with Crippen LogP contribution in [0.25, 0.3) is 0 Å². The largest absolute Gasteiger partial charge is 1.00 e. The van der Waals surface area contributed by atoms with Crippen LogP contribution < -0.4 is 24.8 Å². The summed E-state index contributed by atoms with van der Waals surface area (Å²) >= 11 is -1.72. The molecule has 2 rings (SSSR count). The molecule has 0 bridgehead atoms. The van der Waals surface area contributed by atoms with E-state index in [0.29, 0.717) is 5.92 Å². The molecular formula is C17H24Cl2Zr. The van der Waals surface area contributed by atoms with Crippen molar-refractivity contribution in [2.45, 2.75) is 48.0 Å². The normalized spacial score (nSPS) is 20.2. The second-order valence-corrected chi connectivity index (χ2v) is 13.1. The first-order valence-electron chi connectivity index (χ1n) is 6.86. The number of hydrogen-bond acceptors (Lipinski definition) is 0. The molecule has 0 spiro atoms. The van der Waals surface area contributed by atoms with Gasteiger partial charge in [0.05, 0.1) is 0 Å². The first-order valence-corrected chi connectivity index (χ1v) is 10.5. The van der Waals surface area contributed by atoms with Gasteiger partial charge in [0.1, 0.15) is 0 Å². The van der Waals surface area contributed by atoms with E-state index >= 15 is 0 Å². The zero-order valence-electron chi connectivity index (χ0n) is 13.3. The average Bonchev–Trinajstić information content (AvgIpc) is 2.76. The quantitative estimate of drug-likeness (QED) is 0.563. The minimum absolute atomic E-state index is 0. The van der Waals surface area contributed by atoms with Gasteiger partial charge in [-0.25, -0.2) is 0 Å². The molecular weight excluding hydrogens is 366 g/mol. The van der Waals surface area contributed by atoms with Crippen LogP contribution in [0.2, 0.25) is 0 Å². The molecule has 0 aromatic rings. The van der Waals surface area contributed by atoms with E-state index in [0.717, 1.165) is 0 Å². The number of halogens is 2. The third-order valence-corrected chi connectivity index (χ3v) is 12.4. The average molecular weight is 391 g/mol. The maximum Gasteiger partial charge on any atom is -1.00 e. The summed E-state index contributed by atoms with van der Waals surface area (Å²) in [5.41, 5.74) is 4.66. The molecule has 1 unspecified atom stereocenters. The van der Waals surface area contributed by atoms with Gasteiger partial charge in [-0.15, -0.1) is 0 Å². The molecule has 1 atom stereocenters. The van der Waals surface area contributed by atoms with Gasteiger partial charge in [-0.2, -0.15) is 0 Å². The van der Waals surface area contributed by atoms with Gasteiger partial charge in [0.15, 0.2) is 0 Å². The molecule has 0 saturated heterocycles. The van der Waals surface area contributed by atoms with Gasteiger partial charge in [-0.05, 0) is 0 Å². The van der Waals surface area contributed by atoms with Crippen LogP contribution >= 0.6 is 0 Å². The van der Waals surface area contributed by atoms with Crippen LogP contribution in [-0.2, 0) is 21.3 Å². The Morgan fingerprint density at radius 2 is 1.70 bits per heavy atom. The van der Waals surface area contributed by atoms with Crippen molar-refractivity contribution in [3.63, 3.8) is 0 Å². The van der Waals surface area contributed by atoms with E-state index in [-0.39, 0.29) is 24.8 Å². The third kappa shape index (κ3) is 3.93. The van der Waals surface area contributed by atoms with Gasteiger partial charge in [-0.1, -0.05) is 0 Å². The van der Waals surface area contributed by atoms with E-state index in [9.17, 15) is 0 Å². The van der Waals surface area contributed by atoms with Gasteiger partial charge >= 0.3 is 120 Å². The minimum Gasteiger partial charge on any atom is -1.00 e. The van der Waals surface area contributed by atoms with Crippen molar-refractivity contribution in [1.29, 1.82) is 0 Å². The van der Waals surface area contributed by atoms with Crippen LogP contribution in [0.3, 0.4) is 0 Å². The standard InChI is InChI=1S/2C7H9.C3H6.2ClH.Zr/c1-6-3-4-7(2)5-6;1-6-4-3-5-7(6)2;1-3-2;;;/h3-4,6H,1-2H3;4H,5H2,1-2H3;1-2H3;2*1H;/q;;;;;+2/p-2. The maximum atomic E-state index is 2.50. The molecule has 0 saturated carbocycles. The molecule has 2 aliphatic rings. The SMILES string of the molecule is CC1=C(C)C[C]([Zr+2]([C]2=C(C)C=CC2C)=[C](C)C)=C1.[Cl-].[Cl-]. The van der Waals surface area contributed by atoms with Crippen molar-refractivity contribution in [3.05, 3.63) is 41.5 Å². The van der Waals surface area contributed by atoms with Crippen molar-refractivity contribution in [2.24, 2.45) is 5.92 Å². The summed E-state index contributed by atoms with van der Waals surface area (Å²) in [6.45, 7) is 14.0. The molecule has 0 heterocycles. The molecule has 0 amide bonds. The van der Waals surface area contributed by atoms with E-state index < -0.39 is 21.3 Å². The Kier molecular flexibility index (Phi) is 8.18. The Labute approximate surface area is 144 Å². The Balaban J connectivity index is 0.00000180. The molecule has 0 fully saturated rings. The summed E-state index contributed by atoms with van der Waals surface area (Å²) in [4.78, 5) is 0. The molecule has 0 aromatic heterocycles. The first-order chi connectivity index (χ1) is 8.41. The molecule has 2 aliphatic carbocycles. The zero-order chi connectivity index (χ0) is 13.4. The van der Waals surface area contributed by atoms with Gasteiger partial charge in [0.25, 0.3) is 0 Å². The van der Waals surface area contributed by atoms with Crippen LogP contribution in [0.5, 0.6) is 0 Å². The number of allylic oxidation sites excluding steroid dienone is 8. The fourth-order valence-corrected chi connectivity index (χ4v) is 11.3. The molecule has 3 heteroatoms. The van der Waals surface area contributed by atoms with Crippen molar-refractivity contribution in [2.75, 3.05) is 0 Å². The van der Waals surface area contributed by atoms with E-state index in [1.807, 2.05) is 3.28 Å². The van der Waals surface area contributed by atoms with E-state index in [1.54, 1.807) is 17.6 Å². The fourth-order valence-electron chi connectivity index (χ4n) is 3.04. The summed E-state index contributed by atoms with van der Waals surface area (Å²) in [7, 11) is 0. The van der Waals surface area contributed by atoms with Crippen molar-refractivity contribution in [1.82, 2.24) is 0 Å². The summed E-state index contributed by atoms with van der Waals surface area (Å²) in [5, 5.41) is 0. The molecule has 0 nitrogen and oxygen atoms in total. The van der Waals surface area contributed by atoms with E-state index in [2.05, 4.69) is 59.8 Å². The van der Waals surface area contributed by atoms with Gasteiger partial charge in [0, 0.05) is 0 Å². The Morgan fingerprint density at radius 3 is 2.05 bits per heavy atom. The second kappa shape index (κ2) is 8.07. The predicted octanol–water partition coefficient (Wildman–Crippen LogP) is -1.07. The topological polar surface area (TPSA) is 0 Å². The number of rotatable bonds is 2. The maximum absolute atomic E-state index is 2.50. The van der Waals surface area contributed by atoms with E-state index in [4.69, 9.17) is 0 Å². The molecule has 20 heavy (non-hydrogen) atoms. The van der Waals surface area contributed by atoms with Gasteiger partial charge in [-0.3, -0.25) is 0 Å². The second-order valence-electron chi connectivity index (χ2n) is 5.93. The molecule has 0 aliphatic heterocycles. The molecule has 110 valence electrons. The third-order valence-electron chi connectivity index (χ3n) is 4.13. The number of hydrogen-bond donors (Lipinski definition) is 0. The zero-order valence-corrected chi connectivity index (χ0v) is 17.2. The van der Waals surface area contributed by atoms with Crippen LogP contribution in [0.4, 0.5) is 0 Å². The summed E-state index contributed by atoms with van der Waals surface area (Å²) in [6, 6.07) is 0. The fraction of sp³-hybridized carbons (Fsp3) is 0.471.